The van der Waals surface area contributed by atoms with Gasteiger partial charge in [-0.15, -0.1) is 0 Å². The van der Waals surface area contributed by atoms with Crippen molar-refractivity contribution < 1.29 is 0 Å². The van der Waals surface area contributed by atoms with Crippen LogP contribution in [0.3, 0.4) is 0 Å². The maximum atomic E-state index is 2.56. The lowest BCUT2D eigenvalue weighted by Gasteiger charge is -2.45. The highest BCUT2D eigenvalue weighted by Gasteiger charge is 2.40. The Kier molecular flexibility index (Phi) is 3.91. The quantitative estimate of drug-likeness (QED) is 0.204. The standard InChI is InChI=1S/C29H19IN2/c30-27-21-13-5-6-14-22(21)29-26-18-20-12-4-7-15-23(20)31(26)24-16-8-9-17-25(24)32(29)28(27)19-10-2-1-3-11-19/h1-18,29H. The Balaban J connectivity index is 1.64. The van der Waals surface area contributed by atoms with Crippen LogP contribution >= 0.6 is 22.6 Å². The van der Waals surface area contributed by atoms with Gasteiger partial charge < -0.3 is 9.47 Å². The molecule has 5 aromatic rings. The largest absolute Gasteiger partial charge is 0.325 e. The van der Waals surface area contributed by atoms with Gasteiger partial charge in [0.05, 0.1) is 28.3 Å². The second kappa shape index (κ2) is 6.84. The molecule has 0 saturated carbocycles. The van der Waals surface area contributed by atoms with E-state index >= 15 is 0 Å². The van der Waals surface area contributed by atoms with Crippen molar-refractivity contribution >= 4 is 48.5 Å². The zero-order valence-corrected chi connectivity index (χ0v) is 19.4. The molecule has 2 nitrogen and oxygen atoms in total. The SMILES string of the molecule is IC1=C(c2ccccc2)N2c3ccccc3-n3c(cc4ccccc43)C2c2ccccc21. The molecule has 4 aromatic carbocycles. The molecule has 0 aliphatic carbocycles. The molecule has 32 heavy (non-hydrogen) atoms. The number of rotatable bonds is 1. The van der Waals surface area contributed by atoms with Gasteiger partial charge in [-0.3, -0.25) is 0 Å². The molecule has 2 aliphatic rings. The number of anilines is 1. The third kappa shape index (κ3) is 2.40. The minimum Gasteiger partial charge on any atom is -0.325 e. The fourth-order valence-electron chi connectivity index (χ4n) is 5.35. The Bertz CT molecular complexity index is 1540. The van der Waals surface area contributed by atoms with Crippen LogP contribution in [0.5, 0.6) is 0 Å². The number of hydrogen-bond donors (Lipinski definition) is 0. The van der Waals surface area contributed by atoms with Crippen LogP contribution in [0.2, 0.25) is 0 Å². The number of fused-ring (bicyclic) bond motifs is 10. The summed E-state index contributed by atoms with van der Waals surface area (Å²) in [7, 11) is 0. The van der Waals surface area contributed by atoms with E-state index < -0.39 is 0 Å². The van der Waals surface area contributed by atoms with E-state index in [9.17, 15) is 0 Å². The van der Waals surface area contributed by atoms with Gasteiger partial charge in [-0.2, -0.15) is 0 Å². The van der Waals surface area contributed by atoms with Gasteiger partial charge in [-0.25, -0.2) is 0 Å². The molecule has 0 radical (unpaired) electrons. The molecular weight excluding hydrogens is 503 g/mol. The lowest BCUT2D eigenvalue weighted by atomic mass is 9.87. The molecule has 0 amide bonds. The van der Waals surface area contributed by atoms with Crippen molar-refractivity contribution in [2.75, 3.05) is 4.90 Å². The van der Waals surface area contributed by atoms with Crippen LogP contribution in [-0.2, 0) is 0 Å². The van der Waals surface area contributed by atoms with E-state index in [-0.39, 0.29) is 6.04 Å². The highest BCUT2D eigenvalue weighted by Crippen LogP contribution is 2.54. The van der Waals surface area contributed by atoms with Crippen molar-refractivity contribution in [2.45, 2.75) is 6.04 Å². The molecule has 2 aliphatic heterocycles. The van der Waals surface area contributed by atoms with Gasteiger partial charge in [0.2, 0.25) is 0 Å². The molecule has 3 heterocycles. The molecule has 0 spiro atoms. The Morgan fingerprint density at radius 1 is 0.656 bits per heavy atom. The number of para-hydroxylation sites is 3. The number of nitrogens with zero attached hydrogens (tertiary/aromatic N) is 2. The van der Waals surface area contributed by atoms with Crippen molar-refractivity contribution in [3.8, 4) is 5.69 Å². The number of benzene rings is 4. The summed E-state index contributed by atoms with van der Waals surface area (Å²) in [5, 5.41) is 1.28. The van der Waals surface area contributed by atoms with Gasteiger partial charge in [-0.1, -0.05) is 84.9 Å². The molecule has 7 rings (SSSR count). The van der Waals surface area contributed by atoms with Crippen LogP contribution in [0.25, 0.3) is 25.9 Å². The molecular formula is C29H19IN2. The van der Waals surface area contributed by atoms with E-state index in [1.165, 1.54) is 53.9 Å². The second-order valence-corrected chi connectivity index (χ2v) is 9.42. The van der Waals surface area contributed by atoms with Gasteiger partial charge in [0.1, 0.15) is 6.04 Å². The van der Waals surface area contributed by atoms with Crippen LogP contribution < -0.4 is 4.90 Å². The van der Waals surface area contributed by atoms with Crippen molar-refractivity contribution in [3.63, 3.8) is 0 Å². The minimum atomic E-state index is 0.113. The summed E-state index contributed by atoms with van der Waals surface area (Å²) in [6, 6.07) is 39.7. The van der Waals surface area contributed by atoms with E-state index in [0.29, 0.717) is 0 Å². The lowest BCUT2D eigenvalue weighted by molar-refractivity contribution is 0.735. The van der Waals surface area contributed by atoms with E-state index in [0.717, 1.165) is 0 Å². The molecule has 152 valence electrons. The average molecular weight is 522 g/mol. The highest BCUT2D eigenvalue weighted by atomic mass is 127. The normalized spacial score (nSPS) is 16.4. The first kappa shape index (κ1) is 18.3. The molecule has 1 unspecified atom stereocenters. The molecule has 0 saturated heterocycles. The van der Waals surface area contributed by atoms with Crippen LogP contribution in [-0.4, -0.2) is 4.57 Å². The first-order chi connectivity index (χ1) is 15.8. The Morgan fingerprint density at radius 2 is 1.34 bits per heavy atom. The first-order valence-electron chi connectivity index (χ1n) is 10.9. The zero-order valence-electron chi connectivity index (χ0n) is 17.2. The zero-order chi connectivity index (χ0) is 21.2. The summed E-state index contributed by atoms with van der Waals surface area (Å²) in [5.41, 5.74) is 10.3. The van der Waals surface area contributed by atoms with Crippen molar-refractivity contribution in [2.24, 2.45) is 0 Å². The molecule has 0 N–H and O–H groups in total. The summed E-state index contributed by atoms with van der Waals surface area (Å²) in [5.74, 6) is 0. The smallest absolute Gasteiger partial charge is 0.101 e. The summed E-state index contributed by atoms with van der Waals surface area (Å²) < 4.78 is 3.75. The summed E-state index contributed by atoms with van der Waals surface area (Å²) >= 11 is 2.55. The third-order valence-electron chi connectivity index (χ3n) is 6.65. The second-order valence-electron chi connectivity index (χ2n) is 8.34. The monoisotopic (exact) mass is 522 g/mol. The van der Waals surface area contributed by atoms with E-state index in [1.807, 2.05) is 0 Å². The van der Waals surface area contributed by atoms with E-state index in [4.69, 9.17) is 0 Å². The number of halogens is 1. The van der Waals surface area contributed by atoms with Crippen molar-refractivity contribution in [1.82, 2.24) is 4.57 Å². The Labute approximate surface area is 200 Å². The first-order valence-corrected chi connectivity index (χ1v) is 11.9. The summed E-state index contributed by atoms with van der Waals surface area (Å²) in [6.07, 6.45) is 0. The maximum Gasteiger partial charge on any atom is 0.101 e. The lowest BCUT2D eigenvalue weighted by Crippen LogP contribution is -2.37. The molecule has 1 aromatic heterocycles. The maximum absolute atomic E-state index is 2.56. The number of aromatic nitrogens is 1. The summed E-state index contributed by atoms with van der Waals surface area (Å²) in [4.78, 5) is 2.56. The fourth-order valence-corrected chi connectivity index (χ4v) is 6.42. The predicted molar refractivity (Wildman–Crippen MR) is 141 cm³/mol. The number of hydrogen-bond acceptors (Lipinski definition) is 1. The third-order valence-corrected chi connectivity index (χ3v) is 7.74. The highest BCUT2D eigenvalue weighted by molar-refractivity contribution is 14.1. The van der Waals surface area contributed by atoms with Crippen molar-refractivity contribution in [1.29, 1.82) is 0 Å². The van der Waals surface area contributed by atoms with Gasteiger partial charge in [0.15, 0.2) is 0 Å². The predicted octanol–water partition coefficient (Wildman–Crippen LogP) is 7.81. The van der Waals surface area contributed by atoms with Gasteiger partial charge in [0.25, 0.3) is 0 Å². The van der Waals surface area contributed by atoms with Gasteiger partial charge >= 0.3 is 0 Å². The summed E-state index contributed by atoms with van der Waals surface area (Å²) in [6.45, 7) is 0. The van der Waals surface area contributed by atoms with Crippen molar-refractivity contribution in [3.05, 3.63) is 132 Å². The van der Waals surface area contributed by atoms with Crippen LogP contribution in [0.1, 0.15) is 28.4 Å². The van der Waals surface area contributed by atoms with E-state index in [1.54, 1.807) is 0 Å². The Morgan fingerprint density at radius 3 is 2.22 bits per heavy atom. The van der Waals surface area contributed by atoms with Crippen LogP contribution in [0.4, 0.5) is 5.69 Å². The van der Waals surface area contributed by atoms with Crippen LogP contribution in [0, 0.1) is 0 Å². The average Bonchev–Trinajstić information content (AvgIpc) is 3.24. The fraction of sp³-hybridized carbons (Fsp3) is 0.0345. The molecule has 3 heteroatoms. The molecule has 0 fully saturated rings. The molecule has 1 atom stereocenters. The van der Waals surface area contributed by atoms with Crippen LogP contribution in [0.15, 0.2) is 109 Å². The van der Waals surface area contributed by atoms with Gasteiger partial charge in [0, 0.05) is 8.97 Å². The topological polar surface area (TPSA) is 8.17 Å². The minimum absolute atomic E-state index is 0.113. The van der Waals surface area contributed by atoms with E-state index in [2.05, 4.69) is 141 Å². The molecule has 0 bridgehead atoms. The Hall–Kier alpha value is -3.31. The van der Waals surface area contributed by atoms with Gasteiger partial charge in [-0.05, 0) is 63.5 Å².